The van der Waals surface area contributed by atoms with E-state index in [-0.39, 0.29) is 27.2 Å². The van der Waals surface area contributed by atoms with Crippen LogP contribution in [0.2, 0.25) is 15.1 Å². The number of carbonyl (C=O) groups excluding carboxylic acids is 1. The molecule has 0 saturated heterocycles. The first kappa shape index (κ1) is 14.8. The number of rotatable bonds is 2. The van der Waals surface area contributed by atoms with Crippen LogP contribution in [-0.2, 0) is 0 Å². The second-order valence-corrected chi connectivity index (χ2v) is 5.20. The van der Waals surface area contributed by atoms with E-state index in [1.165, 1.54) is 30.3 Å². The molecule has 104 valence electrons. The molecule has 0 aliphatic rings. The molecule has 4 nitrogen and oxygen atoms in total. The third kappa shape index (κ3) is 3.10. The van der Waals surface area contributed by atoms with Crippen LogP contribution in [0.25, 0.3) is 0 Å². The Balaban J connectivity index is 2.27. The number of nitrogens with two attached hydrogens (primary N) is 1. The zero-order chi connectivity index (χ0) is 14.9. The molecular weight excluding hydrogens is 323 g/mol. The summed E-state index contributed by atoms with van der Waals surface area (Å²) in [6.45, 7) is 0. The first-order valence-corrected chi connectivity index (χ1v) is 6.56. The van der Waals surface area contributed by atoms with Crippen LogP contribution in [0, 0.1) is 0 Å². The Hall–Kier alpha value is -1.62. The van der Waals surface area contributed by atoms with Gasteiger partial charge in [0.05, 0.1) is 26.4 Å². The van der Waals surface area contributed by atoms with E-state index in [1.807, 2.05) is 0 Å². The van der Waals surface area contributed by atoms with Gasteiger partial charge in [0.15, 0.2) is 0 Å². The van der Waals surface area contributed by atoms with Crippen molar-refractivity contribution in [3.05, 3.63) is 51.0 Å². The molecule has 2 aromatic carbocycles. The lowest BCUT2D eigenvalue weighted by Gasteiger charge is -2.09. The molecule has 2 aromatic rings. The Kier molecular flexibility index (Phi) is 4.28. The van der Waals surface area contributed by atoms with Crippen molar-refractivity contribution in [2.24, 2.45) is 0 Å². The Labute approximate surface area is 130 Å². The van der Waals surface area contributed by atoms with Crippen LogP contribution in [-0.4, -0.2) is 11.0 Å². The molecule has 0 unspecified atom stereocenters. The van der Waals surface area contributed by atoms with Crippen molar-refractivity contribution in [3.8, 4) is 5.75 Å². The Morgan fingerprint density at radius 1 is 1.05 bits per heavy atom. The van der Waals surface area contributed by atoms with Gasteiger partial charge in [0.2, 0.25) is 0 Å². The second-order valence-electron chi connectivity index (χ2n) is 3.97. The minimum absolute atomic E-state index is 0.153. The van der Waals surface area contributed by atoms with Crippen LogP contribution in [0.4, 0.5) is 11.4 Å². The molecule has 0 fully saturated rings. The molecule has 1 amide bonds. The number of phenolic OH excluding ortho intramolecular Hbond substituents is 1. The van der Waals surface area contributed by atoms with Crippen molar-refractivity contribution >= 4 is 52.1 Å². The monoisotopic (exact) mass is 330 g/mol. The van der Waals surface area contributed by atoms with E-state index in [4.69, 9.17) is 40.5 Å². The van der Waals surface area contributed by atoms with E-state index in [0.717, 1.165) is 0 Å². The highest BCUT2D eigenvalue weighted by molar-refractivity contribution is 6.42. The molecule has 7 heteroatoms. The summed E-state index contributed by atoms with van der Waals surface area (Å²) in [4.78, 5) is 12.0. The normalized spacial score (nSPS) is 10.3. The van der Waals surface area contributed by atoms with Crippen LogP contribution in [0.15, 0.2) is 30.3 Å². The van der Waals surface area contributed by atoms with Crippen LogP contribution in [0.5, 0.6) is 5.75 Å². The summed E-state index contributed by atoms with van der Waals surface area (Å²) in [6.07, 6.45) is 0. The highest BCUT2D eigenvalue weighted by Gasteiger charge is 2.12. The molecular formula is C13H9Cl3N2O2. The fourth-order valence-corrected chi connectivity index (χ4v) is 1.97. The molecule has 2 rings (SSSR count). The van der Waals surface area contributed by atoms with Gasteiger partial charge in [-0.3, -0.25) is 4.79 Å². The highest BCUT2D eigenvalue weighted by Crippen LogP contribution is 2.32. The summed E-state index contributed by atoms with van der Waals surface area (Å²) < 4.78 is 0. The SMILES string of the molecule is Nc1cc(O)c(NC(=O)c2ccc(Cl)c(Cl)c2)cc1Cl. The average molecular weight is 332 g/mol. The fraction of sp³-hybridized carbons (Fsp3) is 0. The number of benzene rings is 2. The molecule has 0 aliphatic carbocycles. The maximum absolute atomic E-state index is 12.0. The number of phenols is 1. The van der Waals surface area contributed by atoms with Crippen molar-refractivity contribution in [1.82, 2.24) is 0 Å². The van der Waals surface area contributed by atoms with E-state index < -0.39 is 5.91 Å². The number of anilines is 2. The lowest BCUT2D eigenvalue weighted by molar-refractivity contribution is 0.102. The second kappa shape index (κ2) is 5.79. The van der Waals surface area contributed by atoms with Gasteiger partial charge in [-0.1, -0.05) is 34.8 Å². The van der Waals surface area contributed by atoms with E-state index in [1.54, 1.807) is 0 Å². The number of hydrogen-bond donors (Lipinski definition) is 3. The van der Waals surface area contributed by atoms with Crippen LogP contribution in [0.3, 0.4) is 0 Å². The highest BCUT2D eigenvalue weighted by atomic mass is 35.5. The molecule has 0 spiro atoms. The van der Waals surface area contributed by atoms with Crippen LogP contribution >= 0.6 is 34.8 Å². The third-order valence-electron chi connectivity index (χ3n) is 2.55. The van der Waals surface area contributed by atoms with Crippen molar-refractivity contribution in [2.75, 3.05) is 11.1 Å². The summed E-state index contributed by atoms with van der Waals surface area (Å²) in [6, 6.07) is 7.07. The molecule has 0 saturated carbocycles. The molecule has 0 heterocycles. The minimum atomic E-state index is -0.459. The van der Waals surface area contributed by atoms with Gasteiger partial charge in [-0.25, -0.2) is 0 Å². The van der Waals surface area contributed by atoms with Gasteiger partial charge in [-0.15, -0.1) is 0 Å². The molecule has 0 bridgehead atoms. The molecule has 0 aromatic heterocycles. The summed E-state index contributed by atoms with van der Waals surface area (Å²) >= 11 is 17.4. The first-order chi connectivity index (χ1) is 9.38. The number of nitrogen functional groups attached to an aromatic ring is 1. The van der Waals surface area contributed by atoms with Gasteiger partial charge < -0.3 is 16.2 Å². The van der Waals surface area contributed by atoms with Gasteiger partial charge in [0.1, 0.15) is 5.75 Å². The van der Waals surface area contributed by atoms with Gasteiger partial charge in [0.25, 0.3) is 5.91 Å². The van der Waals surface area contributed by atoms with E-state index in [0.29, 0.717) is 10.6 Å². The zero-order valence-electron chi connectivity index (χ0n) is 9.95. The average Bonchev–Trinajstić information content (AvgIpc) is 2.39. The molecule has 0 atom stereocenters. The predicted molar refractivity (Wildman–Crippen MR) is 81.9 cm³/mol. The number of amides is 1. The minimum Gasteiger partial charge on any atom is -0.506 e. The summed E-state index contributed by atoms with van der Waals surface area (Å²) in [5.74, 6) is -0.639. The topological polar surface area (TPSA) is 75.3 Å². The lowest BCUT2D eigenvalue weighted by atomic mass is 10.2. The van der Waals surface area contributed by atoms with Crippen molar-refractivity contribution in [3.63, 3.8) is 0 Å². The number of halogens is 3. The first-order valence-electron chi connectivity index (χ1n) is 5.43. The van der Waals surface area contributed by atoms with Gasteiger partial charge in [0, 0.05) is 11.6 Å². The van der Waals surface area contributed by atoms with Crippen molar-refractivity contribution in [2.45, 2.75) is 0 Å². The van der Waals surface area contributed by atoms with Gasteiger partial charge >= 0.3 is 0 Å². The fourth-order valence-electron chi connectivity index (χ4n) is 1.51. The quantitative estimate of drug-likeness (QED) is 0.570. The standard InChI is InChI=1S/C13H9Cl3N2O2/c14-7-2-1-6(3-8(7)15)13(20)18-11-4-9(16)10(17)5-12(11)19/h1-5,19H,17H2,(H,18,20). The van der Waals surface area contributed by atoms with Gasteiger partial charge in [-0.2, -0.15) is 0 Å². The van der Waals surface area contributed by atoms with Crippen molar-refractivity contribution in [1.29, 1.82) is 0 Å². The largest absolute Gasteiger partial charge is 0.506 e. The summed E-state index contributed by atoms with van der Waals surface area (Å²) in [7, 11) is 0. The predicted octanol–water partition coefficient (Wildman–Crippen LogP) is 4.19. The smallest absolute Gasteiger partial charge is 0.255 e. The van der Waals surface area contributed by atoms with Crippen LogP contribution in [0.1, 0.15) is 10.4 Å². The number of hydrogen-bond acceptors (Lipinski definition) is 3. The number of nitrogens with one attached hydrogen (secondary N) is 1. The maximum Gasteiger partial charge on any atom is 0.255 e. The molecule has 20 heavy (non-hydrogen) atoms. The van der Waals surface area contributed by atoms with E-state index >= 15 is 0 Å². The lowest BCUT2D eigenvalue weighted by Crippen LogP contribution is -2.12. The molecule has 0 radical (unpaired) electrons. The molecule has 0 aliphatic heterocycles. The Morgan fingerprint density at radius 3 is 2.40 bits per heavy atom. The number of aromatic hydroxyl groups is 1. The van der Waals surface area contributed by atoms with Crippen molar-refractivity contribution < 1.29 is 9.90 Å². The third-order valence-corrected chi connectivity index (χ3v) is 3.61. The molecule has 4 N–H and O–H groups in total. The maximum atomic E-state index is 12.0. The number of carbonyl (C=O) groups is 1. The Morgan fingerprint density at radius 2 is 1.75 bits per heavy atom. The van der Waals surface area contributed by atoms with Gasteiger partial charge in [-0.05, 0) is 24.3 Å². The zero-order valence-corrected chi connectivity index (χ0v) is 12.2. The summed E-state index contributed by atoms with van der Waals surface area (Å²) in [5.41, 5.74) is 6.20. The summed E-state index contributed by atoms with van der Waals surface area (Å²) in [5, 5.41) is 13.1. The van der Waals surface area contributed by atoms with Crippen LogP contribution < -0.4 is 11.1 Å². The van der Waals surface area contributed by atoms with E-state index in [2.05, 4.69) is 5.32 Å². The van der Waals surface area contributed by atoms with E-state index in [9.17, 15) is 9.90 Å². The Bertz CT molecular complexity index is 690.